The van der Waals surface area contributed by atoms with Gasteiger partial charge < -0.3 is 14.4 Å². The Hall–Kier alpha value is -1.83. The lowest BCUT2D eigenvalue weighted by Crippen LogP contribution is -2.27. The van der Waals surface area contributed by atoms with E-state index in [1.54, 1.807) is 32.2 Å². The molecular formula is C17H17FINO3. The predicted octanol–water partition coefficient (Wildman–Crippen LogP) is 3.72. The van der Waals surface area contributed by atoms with Crippen molar-refractivity contribution in [3.8, 4) is 11.5 Å². The lowest BCUT2D eigenvalue weighted by atomic mass is 10.1. The molecule has 23 heavy (non-hydrogen) atoms. The fraction of sp³-hybridized carbons (Fsp3) is 0.235. The molecule has 2 aromatic carbocycles. The van der Waals surface area contributed by atoms with Crippen molar-refractivity contribution in [2.24, 2.45) is 0 Å². The molecule has 0 heterocycles. The number of rotatable bonds is 5. The summed E-state index contributed by atoms with van der Waals surface area (Å²) in [7, 11) is 4.86. The molecule has 6 heteroatoms. The highest BCUT2D eigenvalue weighted by Crippen LogP contribution is 2.26. The van der Waals surface area contributed by atoms with E-state index in [0.29, 0.717) is 27.2 Å². The zero-order valence-corrected chi connectivity index (χ0v) is 15.3. The van der Waals surface area contributed by atoms with Crippen LogP contribution in [0.3, 0.4) is 0 Å². The maximum atomic E-state index is 13.2. The molecule has 0 saturated heterocycles. The molecule has 0 spiro atoms. The van der Waals surface area contributed by atoms with Crippen molar-refractivity contribution in [3.05, 3.63) is 56.9 Å². The summed E-state index contributed by atoms with van der Waals surface area (Å²) in [5.74, 6) is 0.808. The van der Waals surface area contributed by atoms with Gasteiger partial charge in [0.05, 0.1) is 19.8 Å². The minimum atomic E-state index is -0.356. The molecule has 0 aromatic heterocycles. The monoisotopic (exact) mass is 429 g/mol. The van der Waals surface area contributed by atoms with Crippen LogP contribution in [-0.4, -0.2) is 32.1 Å². The smallest absolute Gasteiger partial charge is 0.254 e. The number of ether oxygens (including phenoxy) is 2. The largest absolute Gasteiger partial charge is 0.497 e. The zero-order valence-electron chi connectivity index (χ0n) is 13.1. The average molecular weight is 429 g/mol. The fourth-order valence-corrected chi connectivity index (χ4v) is 2.89. The van der Waals surface area contributed by atoms with E-state index in [0.717, 1.165) is 5.56 Å². The summed E-state index contributed by atoms with van der Waals surface area (Å²) < 4.78 is 24.3. The number of amides is 1. The molecule has 0 aliphatic rings. The number of carbonyl (C=O) groups excluding carboxylic acids is 1. The first-order valence-electron chi connectivity index (χ1n) is 6.87. The Morgan fingerprint density at radius 2 is 1.91 bits per heavy atom. The maximum absolute atomic E-state index is 13.2. The highest BCUT2D eigenvalue weighted by Gasteiger charge is 2.17. The van der Waals surface area contributed by atoms with Gasteiger partial charge in [-0.3, -0.25) is 4.79 Å². The van der Waals surface area contributed by atoms with Gasteiger partial charge in [-0.2, -0.15) is 0 Å². The SMILES string of the molecule is COc1ccc(CN(C)C(=O)c2ccc(F)cc2I)c(OC)c1. The third kappa shape index (κ3) is 4.13. The Labute approximate surface area is 148 Å². The van der Waals surface area contributed by atoms with Gasteiger partial charge >= 0.3 is 0 Å². The predicted molar refractivity (Wildman–Crippen MR) is 94.5 cm³/mol. The van der Waals surface area contributed by atoms with E-state index in [4.69, 9.17) is 9.47 Å². The Morgan fingerprint density at radius 1 is 1.17 bits per heavy atom. The van der Waals surface area contributed by atoms with Crippen LogP contribution in [0, 0.1) is 9.39 Å². The van der Waals surface area contributed by atoms with Gasteiger partial charge in [0, 0.05) is 28.8 Å². The third-order valence-electron chi connectivity index (χ3n) is 3.41. The molecule has 4 nitrogen and oxygen atoms in total. The van der Waals surface area contributed by atoms with Gasteiger partial charge in [0.25, 0.3) is 5.91 Å². The first kappa shape index (κ1) is 17.5. The Balaban J connectivity index is 2.21. The van der Waals surface area contributed by atoms with E-state index in [-0.39, 0.29) is 11.7 Å². The molecule has 0 unspecified atom stereocenters. The number of hydrogen-bond acceptors (Lipinski definition) is 3. The second-order valence-corrected chi connectivity index (χ2v) is 6.13. The van der Waals surface area contributed by atoms with E-state index >= 15 is 0 Å². The molecule has 0 radical (unpaired) electrons. The normalized spacial score (nSPS) is 10.3. The molecule has 0 aliphatic carbocycles. The summed E-state index contributed by atoms with van der Waals surface area (Å²) in [6, 6.07) is 9.58. The van der Waals surface area contributed by atoms with Gasteiger partial charge in [-0.25, -0.2) is 4.39 Å². The van der Waals surface area contributed by atoms with E-state index in [2.05, 4.69) is 0 Å². The molecule has 0 atom stereocenters. The van der Waals surface area contributed by atoms with Crippen molar-refractivity contribution in [1.29, 1.82) is 0 Å². The summed E-state index contributed by atoms with van der Waals surface area (Å²) in [4.78, 5) is 14.1. The standard InChI is InChI=1S/C17H17FINO3/c1-20(17(21)14-7-5-12(18)8-15(14)19)10-11-4-6-13(22-2)9-16(11)23-3/h4-9H,10H2,1-3H3. The molecule has 2 rings (SSSR count). The van der Waals surface area contributed by atoms with Gasteiger partial charge in [-0.05, 0) is 52.9 Å². The third-order valence-corrected chi connectivity index (χ3v) is 4.30. The number of benzene rings is 2. The van der Waals surface area contributed by atoms with Crippen molar-refractivity contribution < 1.29 is 18.7 Å². The number of hydrogen-bond donors (Lipinski definition) is 0. The lowest BCUT2D eigenvalue weighted by Gasteiger charge is -2.20. The minimum Gasteiger partial charge on any atom is -0.497 e. The first-order valence-corrected chi connectivity index (χ1v) is 7.95. The molecule has 1 amide bonds. The molecule has 0 N–H and O–H groups in total. The van der Waals surface area contributed by atoms with Crippen LogP contribution < -0.4 is 9.47 Å². The summed E-state index contributed by atoms with van der Waals surface area (Å²) >= 11 is 1.96. The molecule has 2 aromatic rings. The van der Waals surface area contributed by atoms with Crippen LogP contribution in [0.25, 0.3) is 0 Å². The van der Waals surface area contributed by atoms with Crippen molar-refractivity contribution in [1.82, 2.24) is 4.90 Å². The van der Waals surface area contributed by atoms with Gasteiger partial charge in [0.1, 0.15) is 17.3 Å². The van der Waals surface area contributed by atoms with E-state index < -0.39 is 0 Å². The number of carbonyl (C=O) groups is 1. The van der Waals surface area contributed by atoms with E-state index in [9.17, 15) is 9.18 Å². The number of halogens is 2. The van der Waals surface area contributed by atoms with Gasteiger partial charge in [-0.15, -0.1) is 0 Å². The fourth-order valence-electron chi connectivity index (χ4n) is 2.18. The Morgan fingerprint density at radius 3 is 2.52 bits per heavy atom. The highest BCUT2D eigenvalue weighted by molar-refractivity contribution is 14.1. The van der Waals surface area contributed by atoms with Crippen LogP contribution in [-0.2, 0) is 6.54 Å². The summed E-state index contributed by atoms with van der Waals surface area (Å²) in [5.41, 5.74) is 1.34. The maximum Gasteiger partial charge on any atom is 0.254 e. The summed E-state index contributed by atoms with van der Waals surface area (Å²) in [6.45, 7) is 0.374. The van der Waals surface area contributed by atoms with Crippen molar-refractivity contribution in [2.75, 3.05) is 21.3 Å². The first-order chi connectivity index (χ1) is 11.0. The van der Waals surface area contributed by atoms with Crippen molar-refractivity contribution in [2.45, 2.75) is 6.54 Å². The van der Waals surface area contributed by atoms with Crippen LogP contribution in [0.5, 0.6) is 11.5 Å². The zero-order chi connectivity index (χ0) is 17.0. The quantitative estimate of drug-likeness (QED) is 0.681. The minimum absolute atomic E-state index is 0.174. The average Bonchev–Trinajstić information content (AvgIpc) is 2.54. The van der Waals surface area contributed by atoms with Crippen LogP contribution in [0.2, 0.25) is 0 Å². The Kier molecular flexibility index (Phi) is 5.81. The van der Waals surface area contributed by atoms with Crippen LogP contribution in [0.1, 0.15) is 15.9 Å². The van der Waals surface area contributed by atoms with Gasteiger partial charge in [-0.1, -0.05) is 0 Å². The molecule has 0 aliphatic heterocycles. The molecule has 122 valence electrons. The van der Waals surface area contributed by atoms with E-state index in [1.165, 1.54) is 18.2 Å². The molecule has 0 bridgehead atoms. The summed E-state index contributed by atoms with van der Waals surface area (Å²) in [6.07, 6.45) is 0. The summed E-state index contributed by atoms with van der Waals surface area (Å²) in [5, 5.41) is 0. The van der Waals surface area contributed by atoms with Crippen molar-refractivity contribution in [3.63, 3.8) is 0 Å². The topological polar surface area (TPSA) is 38.8 Å². The number of methoxy groups -OCH3 is 2. The van der Waals surface area contributed by atoms with Crippen molar-refractivity contribution >= 4 is 28.5 Å². The molecular weight excluding hydrogens is 412 g/mol. The van der Waals surface area contributed by atoms with Crippen LogP contribution >= 0.6 is 22.6 Å². The lowest BCUT2D eigenvalue weighted by molar-refractivity contribution is 0.0783. The van der Waals surface area contributed by atoms with Gasteiger partial charge in [0.2, 0.25) is 0 Å². The Bertz CT molecular complexity index is 721. The second-order valence-electron chi connectivity index (χ2n) is 4.96. The highest BCUT2D eigenvalue weighted by atomic mass is 127. The second kappa shape index (κ2) is 7.63. The van der Waals surface area contributed by atoms with E-state index in [1.807, 2.05) is 34.7 Å². The molecule has 0 fully saturated rings. The van der Waals surface area contributed by atoms with Crippen LogP contribution in [0.15, 0.2) is 36.4 Å². The van der Waals surface area contributed by atoms with Crippen LogP contribution in [0.4, 0.5) is 4.39 Å². The number of nitrogens with zero attached hydrogens (tertiary/aromatic N) is 1. The molecule has 0 saturated carbocycles. The van der Waals surface area contributed by atoms with Gasteiger partial charge in [0.15, 0.2) is 0 Å².